The van der Waals surface area contributed by atoms with Gasteiger partial charge in [-0.1, -0.05) is 11.3 Å². The first-order valence-corrected chi connectivity index (χ1v) is 5.52. The van der Waals surface area contributed by atoms with Crippen molar-refractivity contribution in [2.75, 3.05) is 11.9 Å². The Kier molecular flexibility index (Phi) is 2.93. The maximum atomic E-state index is 11.2. The summed E-state index contributed by atoms with van der Waals surface area (Å²) in [4.78, 5) is 11.2. The van der Waals surface area contributed by atoms with Gasteiger partial charge >= 0.3 is 0 Å². The molecule has 76 valence electrons. The Hall–Kier alpha value is -1.17. The number of nitrogens with zero attached hydrogens (tertiary/aromatic N) is 2. The zero-order valence-electron chi connectivity index (χ0n) is 7.69. The minimum absolute atomic E-state index is 0.115. The van der Waals surface area contributed by atoms with Crippen LogP contribution in [0.3, 0.4) is 0 Å². The molecule has 1 aromatic rings. The molecule has 1 heterocycles. The lowest BCUT2D eigenvalue weighted by atomic mass is 10.4. The van der Waals surface area contributed by atoms with Crippen LogP contribution in [0.5, 0.6) is 0 Å². The predicted octanol–water partition coefficient (Wildman–Crippen LogP) is 0.619. The molecule has 0 unspecified atom stereocenters. The second-order valence-electron chi connectivity index (χ2n) is 3.26. The predicted molar refractivity (Wildman–Crippen MR) is 54.2 cm³/mol. The molecule has 0 saturated heterocycles. The molecule has 1 amide bonds. The molecule has 1 aliphatic rings. The quantitative estimate of drug-likeness (QED) is 0.750. The molecule has 0 atom stereocenters. The normalized spacial score (nSPS) is 15.1. The average molecular weight is 212 g/mol. The lowest BCUT2D eigenvalue weighted by Crippen LogP contribution is -2.27. The van der Waals surface area contributed by atoms with Gasteiger partial charge in [0.05, 0.1) is 0 Å². The van der Waals surface area contributed by atoms with E-state index >= 15 is 0 Å². The molecule has 6 heteroatoms. The molecule has 1 aromatic heterocycles. The first-order chi connectivity index (χ1) is 6.84. The SMILES string of the molecule is O=C(CCNc1nncs1)NC1CC1. The first-order valence-electron chi connectivity index (χ1n) is 4.64. The second-order valence-corrected chi connectivity index (χ2v) is 4.10. The van der Waals surface area contributed by atoms with Crippen molar-refractivity contribution in [2.24, 2.45) is 0 Å². The zero-order chi connectivity index (χ0) is 9.80. The molecule has 2 N–H and O–H groups in total. The number of carbonyl (C=O) groups is 1. The summed E-state index contributed by atoms with van der Waals surface area (Å²) in [5.74, 6) is 0.115. The molecule has 1 fully saturated rings. The van der Waals surface area contributed by atoms with Crippen LogP contribution in [0.25, 0.3) is 0 Å². The largest absolute Gasteiger partial charge is 0.360 e. The van der Waals surface area contributed by atoms with Crippen LogP contribution in [0.4, 0.5) is 5.13 Å². The summed E-state index contributed by atoms with van der Waals surface area (Å²) in [5.41, 5.74) is 1.66. The zero-order valence-corrected chi connectivity index (χ0v) is 8.51. The fourth-order valence-electron chi connectivity index (χ4n) is 1.06. The molecule has 0 bridgehead atoms. The van der Waals surface area contributed by atoms with Crippen LogP contribution in [-0.4, -0.2) is 28.7 Å². The van der Waals surface area contributed by atoms with Gasteiger partial charge in [0.25, 0.3) is 0 Å². The first kappa shape index (κ1) is 9.39. The highest BCUT2D eigenvalue weighted by Crippen LogP contribution is 2.18. The highest BCUT2D eigenvalue weighted by atomic mass is 32.1. The summed E-state index contributed by atoms with van der Waals surface area (Å²) in [6, 6.07) is 0.448. The van der Waals surface area contributed by atoms with E-state index in [1.54, 1.807) is 5.51 Å². The number of nitrogens with one attached hydrogen (secondary N) is 2. The van der Waals surface area contributed by atoms with Crippen LogP contribution in [0.2, 0.25) is 0 Å². The number of carbonyl (C=O) groups excluding carboxylic acids is 1. The fourth-order valence-corrected chi connectivity index (χ4v) is 1.53. The molecule has 14 heavy (non-hydrogen) atoms. The Morgan fingerprint density at radius 1 is 1.64 bits per heavy atom. The van der Waals surface area contributed by atoms with Gasteiger partial charge in [0.1, 0.15) is 5.51 Å². The van der Waals surface area contributed by atoms with Gasteiger partial charge in [-0.25, -0.2) is 0 Å². The van der Waals surface area contributed by atoms with Gasteiger partial charge in [0.15, 0.2) is 0 Å². The van der Waals surface area contributed by atoms with Crippen LogP contribution in [-0.2, 0) is 4.79 Å². The molecule has 2 rings (SSSR count). The molecular formula is C8H12N4OS. The third-order valence-corrected chi connectivity index (χ3v) is 2.58. The number of amides is 1. The van der Waals surface area contributed by atoms with Crippen LogP contribution in [0.15, 0.2) is 5.51 Å². The number of aromatic nitrogens is 2. The smallest absolute Gasteiger partial charge is 0.221 e. The number of anilines is 1. The van der Waals surface area contributed by atoms with Crippen molar-refractivity contribution >= 4 is 22.4 Å². The minimum atomic E-state index is 0.115. The maximum absolute atomic E-state index is 11.2. The highest BCUT2D eigenvalue weighted by Gasteiger charge is 2.22. The Balaban J connectivity index is 1.60. The van der Waals surface area contributed by atoms with Gasteiger partial charge in [-0.3, -0.25) is 4.79 Å². The van der Waals surface area contributed by atoms with Crippen molar-refractivity contribution in [3.63, 3.8) is 0 Å². The molecule has 0 aromatic carbocycles. The average Bonchev–Trinajstić information content (AvgIpc) is 2.82. The van der Waals surface area contributed by atoms with E-state index in [-0.39, 0.29) is 5.91 Å². The summed E-state index contributed by atoms with van der Waals surface area (Å²) >= 11 is 1.44. The van der Waals surface area contributed by atoms with Gasteiger partial charge in [-0.2, -0.15) is 0 Å². The lowest BCUT2D eigenvalue weighted by Gasteiger charge is -2.03. The van der Waals surface area contributed by atoms with Gasteiger partial charge in [0.2, 0.25) is 11.0 Å². The second kappa shape index (κ2) is 4.36. The molecule has 5 nitrogen and oxygen atoms in total. The van der Waals surface area contributed by atoms with Crippen LogP contribution in [0.1, 0.15) is 19.3 Å². The summed E-state index contributed by atoms with van der Waals surface area (Å²) in [6.07, 6.45) is 2.77. The fraction of sp³-hybridized carbons (Fsp3) is 0.625. The summed E-state index contributed by atoms with van der Waals surface area (Å²) in [6.45, 7) is 0.619. The molecule has 1 saturated carbocycles. The van der Waals surface area contributed by atoms with Crippen molar-refractivity contribution in [3.8, 4) is 0 Å². The Morgan fingerprint density at radius 3 is 3.14 bits per heavy atom. The highest BCUT2D eigenvalue weighted by molar-refractivity contribution is 7.13. The molecule has 0 aliphatic heterocycles. The van der Waals surface area contributed by atoms with Gasteiger partial charge in [0, 0.05) is 19.0 Å². The summed E-state index contributed by atoms with van der Waals surface area (Å²) < 4.78 is 0. The van der Waals surface area contributed by atoms with Crippen LogP contribution < -0.4 is 10.6 Å². The molecule has 0 spiro atoms. The lowest BCUT2D eigenvalue weighted by molar-refractivity contribution is -0.120. The van der Waals surface area contributed by atoms with E-state index in [1.165, 1.54) is 11.3 Å². The van der Waals surface area contributed by atoms with Gasteiger partial charge < -0.3 is 10.6 Å². The molecular weight excluding hydrogens is 200 g/mol. The standard InChI is InChI=1S/C8H12N4OS/c13-7(11-6-1-2-6)3-4-9-8-12-10-5-14-8/h5-6H,1-4H2,(H,9,12)(H,11,13). The summed E-state index contributed by atoms with van der Waals surface area (Å²) in [5, 5.41) is 14.2. The van der Waals surface area contributed by atoms with Crippen LogP contribution in [0, 0.1) is 0 Å². The van der Waals surface area contributed by atoms with E-state index in [4.69, 9.17) is 0 Å². The summed E-state index contributed by atoms with van der Waals surface area (Å²) in [7, 11) is 0. The van der Waals surface area contributed by atoms with Crippen molar-refractivity contribution < 1.29 is 4.79 Å². The molecule has 1 aliphatic carbocycles. The Labute approximate surface area is 85.9 Å². The number of hydrogen-bond donors (Lipinski definition) is 2. The van der Waals surface area contributed by atoms with E-state index in [1.807, 2.05) is 0 Å². The van der Waals surface area contributed by atoms with Gasteiger partial charge in [-0.05, 0) is 12.8 Å². The molecule has 0 radical (unpaired) electrons. The van der Waals surface area contributed by atoms with E-state index < -0.39 is 0 Å². The van der Waals surface area contributed by atoms with E-state index in [0.29, 0.717) is 19.0 Å². The van der Waals surface area contributed by atoms with Crippen molar-refractivity contribution in [2.45, 2.75) is 25.3 Å². The number of rotatable bonds is 5. The van der Waals surface area contributed by atoms with Gasteiger partial charge in [-0.15, -0.1) is 10.2 Å². The maximum Gasteiger partial charge on any atom is 0.221 e. The van der Waals surface area contributed by atoms with Crippen molar-refractivity contribution in [1.29, 1.82) is 0 Å². The Bertz CT molecular complexity index is 296. The third-order valence-electron chi connectivity index (χ3n) is 1.93. The van der Waals surface area contributed by atoms with E-state index in [0.717, 1.165) is 18.0 Å². The van der Waals surface area contributed by atoms with E-state index in [9.17, 15) is 4.79 Å². The minimum Gasteiger partial charge on any atom is -0.360 e. The van der Waals surface area contributed by atoms with Crippen LogP contribution >= 0.6 is 11.3 Å². The monoisotopic (exact) mass is 212 g/mol. The van der Waals surface area contributed by atoms with Crippen molar-refractivity contribution in [1.82, 2.24) is 15.5 Å². The van der Waals surface area contributed by atoms with Crippen molar-refractivity contribution in [3.05, 3.63) is 5.51 Å². The Morgan fingerprint density at radius 2 is 2.50 bits per heavy atom. The topological polar surface area (TPSA) is 66.9 Å². The number of hydrogen-bond acceptors (Lipinski definition) is 5. The van der Waals surface area contributed by atoms with E-state index in [2.05, 4.69) is 20.8 Å². The third kappa shape index (κ3) is 2.95.